The third-order valence-electron chi connectivity index (χ3n) is 9.29. The summed E-state index contributed by atoms with van der Waals surface area (Å²) in [5.74, 6) is 3.98. The second kappa shape index (κ2) is 23.8. The minimum atomic E-state index is -1.75. The first-order valence-electron chi connectivity index (χ1n) is 17.6. The van der Waals surface area contributed by atoms with Crippen molar-refractivity contribution in [2.75, 3.05) is 56.9 Å². The monoisotopic (exact) mass is 1070 g/mol. The second-order valence-electron chi connectivity index (χ2n) is 12.3. The van der Waals surface area contributed by atoms with Crippen LogP contribution in [0.3, 0.4) is 0 Å². The number of hydrogen-bond acceptors (Lipinski definition) is 21. The number of hydrogen-bond donors (Lipinski definition) is 0. The Bertz CT molecular complexity index is 2600. The van der Waals surface area contributed by atoms with Crippen LogP contribution in [-0.4, -0.2) is 99.1 Å². The molecule has 0 amide bonds. The maximum absolute atomic E-state index is 13.1. The van der Waals surface area contributed by atoms with E-state index in [1.54, 1.807) is 79.3 Å². The molecule has 66 heavy (non-hydrogen) atoms. The molecule has 2 aliphatic carbocycles. The van der Waals surface area contributed by atoms with Crippen LogP contribution in [0.5, 0.6) is 46.0 Å². The largest absolute Gasteiger partial charge is 3.00 e. The number of carbonyl (C=O) groups is 2. The smallest absolute Gasteiger partial charge is 0.493 e. The van der Waals surface area contributed by atoms with Gasteiger partial charge in [0.15, 0.2) is 46.0 Å². The van der Waals surface area contributed by atoms with Gasteiger partial charge in [-0.15, -0.1) is 0 Å². The molecule has 0 unspecified atom stereocenters. The summed E-state index contributed by atoms with van der Waals surface area (Å²) in [6, 6.07) is 14.3. The van der Waals surface area contributed by atoms with Crippen molar-refractivity contribution in [1.29, 1.82) is 0 Å². The Morgan fingerprint density at radius 3 is 0.924 bits per heavy atom. The van der Waals surface area contributed by atoms with Crippen molar-refractivity contribution in [1.82, 2.24) is 9.97 Å². The van der Waals surface area contributed by atoms with Crippen LogP contribution < -0.4 is 37.9 Å². The van der Waals surface area contributed by atoms with Gasteiger partial charge in [0, 0.05) is 56.5 Å². The van der Waals surface area contributed by atoms with E-state index in [-0.39, 0.29) is 55.2 Å². The standard InChI is InChI=1S/2C20H17NO5.Dy.3NO3.H2O/c2*1-23-13-8-11-12(9-14(13)24-2)19(22)18-16-10(5-6-21-18)7-15(25-3)20(26-4)17(11)16;;3*2-1(3)4;/h2*5-9H,1-4H3;;;;;1H2/q;;+3;3*-1;. The molecular weight excluding hydrogens is 1030 g/mol. The summed E-state index contributed by atoms with van der Waals surface area (Å²) in [4.78, 5) is 59.6. The van der Waals surface area contributed by atoms with Crippen molar-refractivity contribution >= 4 is 33.1 Å². The zero-order chi connectivity index (χ0) is 47.6. The molecule has 1 radical (unpaired) electrons. The molecule has 6 aromatic rings. The number of carbonyl (C=O) groups excluding carboxylic acids is 2. The number of benzene rings is 4. The molecule has 26 heteroatoms. The van der Waals surface area contributed by atoms with Crippen molar-refractivity contribution in [3.05, 3.63) is 129 Å². The SMILES string of the molecule is COc1cc2c(cc1OC)-c1c(OC)c(OC)cc3ccnc(c13)C2=O.COc1cc2c(cc1OC)-c1c(OC)c(OC)cc3ccnc(c13)C2=O.O.O=[N+]([O-])[O-].O=[N+]([O-])[O-].O=[N+]([O-])[O-].[Dy+3]. The van der Waals surface area contributed by atoms with E-state index in [9.17, 15) is 9.59 Å². The number of nitrogens with zero attached hydrogens (tertiary/aromatic N) is 5. The van der Waals surface area contributed by atoms with Crippen molar-refractivity contribution < 1.29 is 106 Å². The van der Waals surface area contributed by atoms with Crippen LogP contribution in [0.2, 0.25) is 0 Å². The predicted octanol–water partition coefficient (Wildman–Crippen LogP) is 5.42. The first-order valence-corrected chi connectivity index (χ1v) is 17.6. The van der Waals surface area contributed by atoms with Crippen LogP contribution >= 0.6 is 0 Å². The molecule has 0 saturated carbocycles. The topological polar surface area (TPSA) is 364 Å². The maximum atomic E-state index is 13.1. The average Bonchev–Trinajstić information content (AvgIpc) is 3.27. The fourth-order valence-corrected chi connectivity index (χ4v) is 6.98. The molecule has 0 bridgehead atoms. The number of fused-ring (bicyclic) bond motifs is 4. The summed E-state index contributed by atoms with van der Waals surface area (Å²) in [5.41, 5.74) is 4.68. The van der Waals surface area contributed by atoms with Crippen molar-refractivity contribution in [2.45, 2.75) is 0 Å². The molecule has 351 valence electrons. The normalized spacial score (nSPS) is 10.5. The van der Waals surface area contributed by atoms with Crippen molar-refractivity contribution in [3.63, 3.8) is 0 Å². The van der Waals surface area contributed by atoms with Crippen LogP contribution in [0.4, 0.5) is 0 Å². The summed E-state index contributed by atoms with van der Waals surface area (Å²) in [6.45, 7) is 0. The second-order valence-corrected chi connectivity index (χ2v) is 12.3. The van der Waals surface area contributed by atoms with E-state index in [0.29, 0.717) is 79.6 Å². The van der Waals surface area contributed by atoms with E-state index in [2.05, 4.69) is 9.97 Å². The van der Waals surface area contributed by atoms with Crippen LogP contribution in [0, 0.1) is 84.1 Å². The zero-order valence-electron chi connectivity index (χ0n) is 35.6. The van der Waals surface area contributed by atoms with Crippen LogP contribution in [-0.2, 0) is 0 Å². The number of ether oxygens (including phenoxy) is 8. The first kappa shape index (κ1) is 54.4. The first-order chi connectivity index (χ1) is 30.5. The molecule has 0 atom stereocenters. The van der Waals surface area contributed by atoms with E-state index in [1.807, 2.05) is 24.3 Å². The molecule has 0 spiro atoms. The minimum absolute atomic E-state index is 0. The summed E-state index contributed by atoms with van der Waals surface area (Å²) in [5, 5.41) is 47.5. The van der Waals surface area contributed by atoms with Gasteiger partial charge in [0.2, 0.25) is 11.6 Å². The number of ketones is 2. The third-order valence-corrected chi connectivity index (χ3v) is 9.29. The van der Waals surface area contributed by atoms with Gasteiger partial charge in [-0.2, -0.15) is 0 Å². The van der Waals surface area contributed by atoms with Gasteiger partial charge in [0.05, 0.1) is 72.1 Å². The Kier molecular flexibility index (Phi) is 19.6. The molecule has 2 aromatic heterocycles. The molecule has 2 aliphatic rings. The Hall–Kier alpha value is -7.73. The molecular formula is C40H36DyN5O20. The fourth-order valence-electron chi connectivity index (χ4n) is 6.98. The number of methoxy groups -OCH3 is 8. The number of aromatic nitrogens is 2. The maximum Gasteiger partial charge on any atom is 3.00 e. The Morgan fingerprint density at radius 1 is 0.424 bits per heavy atom. The number of pyridine rings is 2. The van der Waals surface area contributed by atoms with Gasteiger partial charge < -0.3 is 89.3 Å². The quantitative estimate of drug-likeness (QED) is 0.135. The average molecular weight is 1070 g/mol. The molecule has 4 aromatic carbocycles. The molecule has 25 nitrogen and oxygen atoms in total. The summed E-state index contributed by atoms with van der Waals surface area (Å²) < 4.78 is 43.9. The van der Waals surface area contributed by atoms with E-state index < -0.39 is 15.3 Å². The molecule has 0 fully saturated rings. The van der Waals surface area contributed by atoms with Crippen LogP contribution in [0.15, 0.2) is 60.9 Å². The molecule has 0 saturated heterocycles. The predicted molar refractivity (Wildman–Crippen MR) is 228 cm³/mol. The third kappa shape index (κ3) is 11.1. The molecule has 2 heterocycles. The molecule has 2 N–H and O–H groups in total. The van der Waals surface area contributed by atoms with Gasteiger partial charge in [-0.3, -0.25) is 19.6 Å². The van der Waals surface area contributed by atoms with Crippen LogP contribution in [0.25, 0.3) is 43.8 Å². The molecule has 8 rings (SSSR count). The van der Waals surface area contributed by atoms with Gasteiger partial charge in [-0.1, -0.05) is 0 Å². The van der Waals surface area contributed by atoms with E-state index >= 15 is 0 Å². The minimum Gasteiger partial charge on any atom is -0.493 e. The Labute approximate surface area is 402 Å². The van der Waals surface area contributed by atoms with Gasteiger partial charge in [-0.05, 0) is 59.3 Å². The number of rotatable bonds is 8. The molecule has 0 aliphatic heterocycles. The van der Waals surface area contributed by atoms with Crippen molar-refractivity contribution in [3.8, 4) is 68.2 Å². The van der Waals surface area contributed by atoms with Crippen molar-refractivity contribution in [2.24, 2.45) is 0 Å². The van der Waals surface area contributed by atoms with Gasteiger partial charge in [0.25, 0.3) is 0 Å². The van der Waals surface area contributed by atoms with Gasteiger partial charge in [-0.25, -0.2) is 0 Å². The van der Waals surface area contributed by atoms with Gasteiger partial charge in [0.1, 0.15) is 11.4 Å². The van der Waals surface area contributed by atoms with Crippen LogP contribution in [0.1, 0.15) is 32.1 Å². The summed E-state index contributed by atoms with van der Waals surface area (Å²) in [6.07, 6.45) is 3.24. The summed E-state index contributed by atoms with van der Waals surface area (Å²) >= 11 is 0. The Morgan fingerprint density at radius 2 is 0.682 bits per heavy atom. The van der Waals surface area contributed by atoms with E-state index in [4.69, 9.17) is 83.9 Å². The van der Waals surface area contributed by atoms with Gasteiger partial charge >= 0.3 is 38.2 Å². The Balaban J connectivity index is 0.000000356. The van der Waals surface area contributed by atoms with E-state index in [0.717, 1.165) is 32.7 Å². The summed E-state index contributed by atoms with van der Waals surface area (Å²) in [7, 11) is 12.5. The van der Waals surface area contributed by atoms with E-state index in [1.165, 1.54) is 14.2 Å². The zero-order valence-corrected chi connectivity index (χ0v) is 37.6. The fraction of sp³-hybridized carbons (Fsp3) is 0.200.